The van der Waals surface area contributed by atoms with Crippen molar-refractivity contribution >= 4 is 28.5 Å². The van der Waals surface area contributed by atoms with E-state index in [0.717, 1.165) is 10.8 Å². The Labute approximate surface area is 115 Å². The molecule has 1 amide bonds. The number of amides is 1. The Morgan fingerprint density at radius 1 is 1.30 bits per heavy atom. The number of aromatic nitrogens is 1. The average molecular weight is 273 g/mol. The van der Waals surface area contributed by atoms with E-state index in [1.807, 2.05) is 18.2 Å². The van der Waals surface area contributed by atoms with Gasteiger partial charge < -0.3 is 15.7 Å². The molecule has 0 radical (unpaired) electrons. The normalized spacial score (nSPS) is 11.9. The van der Waals surface area contributed by atoms with Gasteiger partial charge in [0.2, 0.25) is 5.91 Å². The van der Waals surface area contributed by atoms with Crippen molar-refractivity contribution in [3.63, 3.8) is 0 Å². The summed E-state index contributed by atoms with van der Waals surface area (Å²) in [5.41, 5.74) is -0.0599. The number of nitrogens with zero attached hydrogens (tertiary/aromatic N) is 1. The minimum absolute atomic E-state index is 0.0599. The third-order valence-corrected chi connectivity index (χ3v) is 2.95. The number of aromatic carboxylic acids is 1. The Kier molecular flexibility index (Phi) is 3.84. The third kappa shape index (κ3) is 2.69. The SMILES string of the molecule is CNC(=O)C(C)Nc1nc(C(=O)O)cc2ccccc12. The molecule has 2 rings (SSSR count). The molecule has 1 aromatic heterocycles. The molecule has 1 aromatic carbocycles. The van der Waals surface area contributed by atoms with Crippen molar-refractivity contribution in [3.05, 3.63) is 36.0 Å². The van der Waals surface area contributed by atoms with Gasteiger partial charge in [0.1, 0.15) is 11.9 Å². The van der Waals surface area contributed by atoms with Gasteiger partial charge in [-0.25, -0.2) is 9.78 Å². The summed E-state index contributed by atoms with van der Waals surface area (Å²) in [6.07, 6.45) is 0. The summed E-state index contributed by atoms with van der Waals surface area (Å²) in [5.74, 6) is -0.917. The van der Waals surface area contributed by atoms with Crippen molar-refractivity contribution in [1.29, 1.82) is 0 Å². The molecule has 0 aliphatic rings. The number of carboxylic acid groups (broad SMARTS) is 1. The van der Waals surface area contributed by atoms with E-state index >= 15 is 0 Å². The fraction of sp³-hybridized carbons (Fsp3) is 0.214. The number of hydrogen-bond donors (Lipinski definition) is 3. The van der Waals surface area contributed by atoms with E-state index in [-0.39, 0.29) is 11.6 Å². The van der Waals surface area contributed by atoms with Crippen molar-refractivity contribution in [1.82, 2.24) is 10.3 Å². The number of likely N-dealkylation sites (N-methyl/N-ethyl adjacent to an activating group) is 1. The number of carbonyl (C=O) groups is 2. The molecule has 0 bridgehead atoms. The molecule has 20 heavy (non-hydrogen) atoms. The number of rotatable bonds is 4. The highest BCUT2D eigenvalue weighted by Gasteiger charge is 2.15. The van der Waals surface area contributed by atoms with Gasteiger partial charge in [0.15, 0.2) is 5.69 Å². The van der Waals surface area contributed by atoms with Crippen molar-refractivity contribution in [2.75, 3.05) is 12.4 Å². The topological polar surface area (TPSA) is 91.3 Å². The van der Waals surface area contributed by atoms with Crippen LogP contribution < -0.4 is 10.6 Å². The Morgan fingerprint density at radius 3 is 2.65 bits per heavy atom. The number of fused-ring (bicyclic) bond motifs is 1. The zero-order chi connectivity index (χ0) is 14.7. The van der Waals surface area contributed by atoms with Crippen LogP contribution in [0.5, 0.6) is 0 Å². The summed E-state index contributed by atoms with van der Waals surface area (Å²) in [6.45, 7) is 1.68. The van der Waals surface area contributed by atoms with Crippen LogP contribution in [0.2, 0.25) is 0 Å². The first-order chi connectivity index (χ1) is 9.52. The quantitative estimate of drug-likeness (QED) is 0.784. The second-order valence-electron chi connectivity index (χ2n) is 4.36. The van der Waals surface area contributed by atoms with Gasteiger partial charge in [-0.2, -0.15) is 0 Å². The van der Waals surface area contributed by atoms with Crippen molar-refractivity contribution in [2.24, 2.45) is 0 Å². The van der Waals surface area contributed by atoms with Crippen LogP contribution in [0, 0.1) is 0 Å². The molecule has 2 aromatic rings. The second kappa shape index (κ2) is 5.56. The molecule has 0 spiro atoms. The standard InChI is InChI=1S/C14H15N3O3/c1-8(13(18)15-2)16-12-10-6-4-3-5-9(10)7-11(17-12)14(19)20/h3-8H,1-2H3,(H,15,18)(H,16,17)(H,19,20). The highest BCUT2D eigenvalue weighted by atomic mass is 16.4. The molecule has 0 saturated heterocycles. The van der Waals surface area contributed by atoms with Crippen molar-refractivity contribution in [3.8, 4) is 0 Å². The zero-order valence-corrected chi connectivity index (χ0v) is 11.2. The van der Waals surface area contributed by atoms with Crippen LogP contribution in [0.3, 0.4) is 0 Å². The predicted octanol–water partition coefficient (Wildman–Crippen LogP) is 1.48. The molecule has 6 heteroatoms. The molecule has 6 nitrogen and oxygen atoms in total. The van der Waals surface area contributed by atoms with Crippen molar-refractivity contribution < 1.29 is 14.7 Å². The van der Waals surface area contributed by atoms with Crippen LogP contribution in [-0.4, -0.2) is 35.1 Å². The van der Waals surface area contributed by atoms with Crippen LogP contribution in [0.25, 0.3) is 10.8 Å². The van der Waals surface area contributed by atoms with Crippen LogP contribution in [0.15, 0.2) is 30.3 Å². The van der Waals surface area contributed by atoms with E-state index in [0.29, 0.717) is 5.82 Å². The summed E-state index contributed by atoms with van der Waals surface area (Å²) in [5, 5.41) is 16.1. The summed E-state index contributed by atoms with van der Waals surface area (Å²) in [4.78, 5) is 26.7. The van der Waals surface area contributed by atoms with Gasteiger partial charge in [0.25, 0.3) is 0 Å². The molecule has 1 heterocycles. The molecule has 104 valence electrons. The van der Waals surface area contributed by atoms with Crippen LogP contribution >= 0.6 is 0 Å². The van der Waals surface area contributed by atoms with Gasteiger partial charge in [0, 0.05) is 12.4 Å². The molecular weight excluding hydrogens is 258 g/mol. The lowest BCUT2D eigenvalue weighted by molar-refractivity contribution is -0.121. The maximum absolute atomic E-state index is 11.6. The van der Waals surface area contributed by atoms with Gasteiger partial charge in [-0.1, -0.05) is 24.3 Å². The number of carboxylic acids is 1. The molecule has 0 aliphatic heterocycles. The number of benzene rings is 1. The Hall–Kier alpha value is -2.63. The minimum Gasteiger partial charge on any atom is -0.477 e. The Balaban J connectivity index is 2.49. The van der Waals surface area contributed by atoms with E-state index in [2.05, 4.69) is 15.6 Å². The molecule has 0 saturated carbocycles. The third-order valence-electron chi connectivity index (χ3n) is 2.95. The average Bonchev–Trinajstić information content (AvgIpc) is 2.46. The first-order valence-electron chi connectivity index (χ1n) is 6.14. The first kappa shape index (κ1) is 13.8. The van der Waals surface area contributed by atoms with Crippen LogP contribution in [-0.2, 0) is 4.79 Å². The lowest BCUT2D eigenvalue weighted by Crippen LogP contribution is -2.35. The maximum atomic E-state index is 11.6. The predicted molar refractivity (Wildman–Crippen MR) is 75.9 cm³/mol. The van der Waals surface area contributed by atoms with E-state index in [9.17, 15) is 9.59 Å². The smallest absolute Gasteiger partial charge is 0.354 e. The second-order valence-corrected chi connectivity index (χ2v) is 4.36. The maximum Gasteiger partial charge on any atom is 0.354 e. The van der Waals surface area contributed by atoms with E-state index in [1.54, 1.807) is 20.0 Å². The number of nitrogens with one attached hydrogen (secondary N) is 2. The zero-order valence-electron chi connectivity index (χ0n) is 11.2. The summed E-state index contributed by atoms with van der Waals surface area (Å²) in [7, 11) is 1.54. The Bertz CT molecular complexity index is 670. The summed E-state index contributed by atoms with van der Waals surface area (Å²) >= 11 is 0. The molecule has 1 unspecified atom stereocenters. The van der Waals surface area contributed by atoms with Gasteiger partial charge in [-0.15, -0.1) is 0 Å². The molecule has 0 aliphatic carbocycles. The number of anilines is 1. The molecule has 1 atom stereocenters. The van der Waals surface area contributed by atoms with E-state index in [1.165, 1.54) is 6.07 Å². The Morgan fingerprint density at radius 2 is 2.00 bits per heavy atom. The highest BCUT2D eigenvalue weighted by molar-refractivity contribution is 5.98. The molecule has 3 N–H and O–H groups in total. The first-order valence-corrected chi connectivity index (χ1v) is 6.14. The van der Waals surface area contributed by atoms with E-state index < -0.39 is 12.0 Å². The van der Waals surface area contributed by atoms with Gasteiger partial charge in [-0.05, 0) is 18.4 Å². The fourth-order valence-corrected chi connectivity index (χ4v) is 1.91. The van der Waals surface area contributed by atoms with Gasteiger partial charge >= 0.3 is 5.97 Å². The van der Waals surface area contributed by atoms with Crippen LogP contribution in [0.4, 0.5) is 5.82 Å². The summed E-state index contributed by atoms with van der Waals surface area (Å²) in [6, 6.07) is 8.28. The van der Waals surface area contributed by atoms with Gasteiger partial charge in [0.05, 0.1) is 0 Å². The lowest BCUT2D eigenvalue weighted by atomic mass is 10.1. The number of pyridine rings is 1. The largest absolute Gasteiger partial charge is 0.477 e. The monoisotopic (exact) mass is 273 g/mol. The van der Waals surface area contributed by atoms with Gasteiger partial charge in [-0.3, -0.25) is 4.79 Å². The van der Waals surface area contributed by atoms with Crippen molar-refractivity contribution in [2.45, 2.75) is 13.0 Å². The highest BCUT2D eigenvalue weighted by Crippen LogP contribution is 2.23. The summed E-state index contributed by atoms with van der Waals surface area (Å²) < 4.78 is 0. The minimum atomic E-state index is -1.11. The number of hydrogen-bond acceptors (Lipinski definition) is 4. The fourth-order valence-electron chi connectivity index (χ4n) is 1.91. The van der Waals surface area contributed by atoms with Crippen LogP contribution in [0.1, 0.15) is 17.4 Å². The molecular formula is C14H15N3O3. The van der Waals surface area contributed by atoms with E-state index in [4.69, 9.17) is 5.11 Å². The molecule has 0 fully saturated rings. The lowest BCUT2D eigenvalue weighted by Gasteiger charge is -2.15. The number of carbonyl (C=O) groups excluding carboxylic acids is 1.